The predicted octanol–water partition coefficient (Wildman–Crippen LogP) is 3.50. The highest BCUT2D eigenvalue weighted by atomic mass is 16.6. The van der Waals surface area contributed by atoms with Crippen LogP contribution in [0.15, 0.2) is 36.7 Å². The van der Waals surface area contributed by atoms with Gasteiger partial charge in [-0.05, 0) is 24.3 Å². The first-order valence-electron chi connectivity index (χ1n) is 8.09. The number of benzene rings is 1. The van der Waals surface area contributed by atoms with Gasteiger partial charge < -0.3 is 10.6 Å². The summed E-state index contributed by atoms with van der Waals surface area (Å²) in [4.78, 5) is 19.0. The van der Waals surface area contributed by atoms with Crippen LogP contribution in [-0.2, 0) is 6.42 Å². The van der Waals surface area contributed by atoms with E-state index in [1.165, 1.54) is 6.33 Å². The van der Waals surface area contributed by atoms with E-state index in [1.807, 2.05) is 30.3 Å². The molecule has 0 saturated carbocycles. The molecule has 128 valence electrons. The maximum atomic E-state index is 11.4. The Balaban J connectivity index is 2.04. The molecule has 24 heavy (non-hydrogen) atoms. The minimum atomic E-state index is -0.442. The zero-order valence-corrected chi connectivity index (χ0v) is 14.0. The first kappa shape index (κ1) is 17.7. The van der Waals surface area contributed by atoms with Gasteiger partial charge in [0.1, 0.15) is 6.33 Å². The number of hydrogen-bond donors (Lipinski definition) is 2. The number of rotatable bonds is 9. The van der Waals surface area contributed by atoms with Crippen LogP contribution in [0.5, 0.6) is 0 Å². The summed E-state index contributed by atoms with van der Waals surface area (Å²) in [6.45, 7) is 5.41. The van der Waals surface area contributed by atoms with Crippen molar-refractivity contribution in [1.29, 1.82) is 0 Å². The Morgan fingerprint density at radius 2 is 1.71 bits per heavy atom. The highest BCUT2D eigenvalue weighted by molar-refractivity contribution is 5.69. The second kappa shape index (κ2) is 8.81. The normalized spacial score (nSPS) is 10.6. The van der Waals surface area contributed by atoms with Gasteiger partial charge in [0, 0.05) is 13.1 Å². The summed E-state index contributed by atoms with van der Waals surface area (Å²) in [5, 5.41) is 17.5. The lowest BCUT2D eigenvalue weighted by Gasteiger charge is -2.11. The molecular weight excluding hydrogens is 306 g/mol. The van der Waals surface area contributed by atoms with Crippen molar-refractivity contribution >= 4 is 17.3 Å². The number of nitro groups is 1. The average molecular weight is 329 g/mol. The van der Waals surface area contributed by atoms with Gasteiger partial charge in [-0.25, -0.2) is 9.97 Å². The molecule has 0 amide bonds. The molecule has 0 fully saturated rings. The largest absolute Gasteiger partial charge is 0.364 e. The molecule has 0 aliphatic carbocycles. The van der Waals surface area contributed by atoms with E-state index < -0.39 is 4.92 Å². The predicted molar refractivity (Wildman–Crippen MR) is 95.3 cm³/mol. The van der Waals surface area contributed by atoms with E-state index in [4.69, 9.17) is 0 Å². The molecule has 1 aromatic heterocycles. The Morgan fingerprint density at radius 3 is 2.29 bits per heavy atom. The number of nitrogens with zero attached hydrogens (tertiary/aromatic N) is 3. The molecule has 2 aromatic rings. The molecule has 2 N–H and O–H groups in total. The van der Waals surface area contributed by atoms with Gasteiger partial charge in [0.2, 0.25) is 11.6 Å². The first-order valence-corrected chi connectivity index (χ1v) is 8.09. The zero-order chi connectivity index (χ0) is 17.4. The van der Waals surface area contributed by atoms with Gasteiger partial charge in [-0.3, -0.25) is 10.1 Å². The smallest absolute Gasteiger partial charge is 0.353 e. The summed E-state index contributed by atoms with van der Waals surface area (Å²) in [6.07, 6.45) is 3.02. The van der Waals surface area contributed by atoms with Gasteiger partial charge in [0.15, 0.2) is 0 Å². The standard InChI is InChI=1S/C17H23N5O2/c1-13(2)8-10-18-16-15(22(23)24)17(21-12-20-16)19-11-9-14-6-4-3-5-7-14/h3-7,12-13H,8-11H2,1-2H3,(H2,18,19,20,21). The number of aromatic nitrogens is 2. The third-order valence-corrected chi connectivity index (χ3v) is 3.57. The van der Waals surface area contributed by atoms with Crippen molar-refractivity contribution in [3.63, 3.8) is 0 Å². The molecule has 7 heteroatoms. The lowest BCUT2D eigenvalue weighted by Crippen LogP contribution is -2.13. The summed E-state index contributed by atoms with van der Waals surface area (Å²) >= 11 is 0. The fourth-order valence-electron chi connectivity index (χ4n) is 2.26. The zero-order valence-electron chi connectivity index (χ0n) is 14.0. The fourth-order valence-corrected chi connectivity index (χ4v) is 2.26. The highest BCUT2D eigenvalue weighted by Crippen LogP contribution is 2.28. The van der Waals surface area contributed by atoms with E-state index in [2.05, 4.69) is 34.4 Å². The minimum Gasteiger partial charge on any atom is -0.364 e. The van der Waals surface area contributed by atoms with E-state index in [1.54, 1.807) is 0 Å². The van der Waals surface area contributed by atoms with Crippen molar-refractivity contribution < 1.29 is 4.92 Å². The van der Waals surface area contributed by atoms with E-state index in [-0.39, 0.29) is 17.3 Å². The summed E-state index contributed by atoms with van der Waals surface area (Å²) in [5.41, 5.74) is 1.06. The lowest BCUT2D eigenvalue weighted by atomic mass is 10.1. The fraction of sp³-hybridized carbons (Fsp3) is 0.412. The molecule has 0 radical (unpaired) electrons. The molecule has 0 bridgehead atoms. The maximum Gasteiger partial charge on any atom is 0.353 e. The SMILES string of the molecule is CC(C)CCNc1ncnc(NCCc2ccccc2)c1[N+](=O)[O-]. The van der Waals surface area contributed by atoms with Crippen LogP contribution in [0, 0.1) is 16.0 Å². The summed E-state index contributed by atoms with van der Waals surface area (Å²) in [5.74, 6) is 1.03. The van der Waals surface area contributed by atoms with Crippen molar-refractivity contribution in [2.24, 2.45) is 5.92 Å². The van der Waals surface area contributed by atoms with E-state index >= 15 is 0 Å². The quantitative estimate of drug-likeness (QED) is 0.540. The van der Waals surface area contributed by atoms with Crippen LogP contribution >= 0.6 is 0 Å². The maximum absolute atomic E-state index is 11.4. The molecule has 0 saturated heterocycles. The van der Waals surface area contributed by atoms with Gasteiger partial charge in [-0.15, -0.1) is 0 Å². The monoisotopic (exact) mass is 329 g/mol. The van der Waals surface area contributed by atoms with Crippen LogP contribution in [0.25, 0.3) is 0 Å². The van der Waals surface area contributed by atoms with Crippen LogP contribution < -0.4 is 10.6 Å². The minimum absolute atomic E-state index is 0.102. The molecule has 0 atom stereocenters. The summed E-state index contributed by atoms with van der Waals surface area (Å²) in [6, 6.07) is 9.95. The molecular formula is C17H23N5O2. The first-order chi connectivity index (χ1) is 11.6. The van der Waals surface area contributed by atoms with E-state index in [0.717, 1.165) is 18.4 Å². The molecule has 1 heterocycles. The van der Waals surface area contributed by atoms with Crippen LogP contribution in [-0.4, -0.2) is 28.0 Å². The van der Waals surface area contributed by atoms with Gasteiger partial charge in [-0.1, -0.05) is 44.2 Å². The van der Waals surface area contributed by atoms with Crippen LogP contribution in [0.4, 0.5) is 17.3 Å². The van der Waals surface area contributed by atoms with Crippen molar-refractivity contribution in [3.05, 3.63) is 52.3 Å². The topological polar surface area (TPSA) is 93.0 Å². The molecule has 7 nitrogen and oxygen atoms in total. The molecule has 0 spiro atoms. The Kier molecular flexibility index (Phi) is 6.48. The molecule has 0 unspecified atom stereocenters. The van der Waals surface area contributed by atoms with Gasteiger partial charge in [0.05, 0.1) is 4.92 Å². The van der Waals surface area contributed by atoms with E-state index in [0.29, 0.717) is 19.0 Å². The Hall–Kier alpha value is -2.70. The summed E-state index contributed by atoms with van der Waals surface area (Å²) < 4.78 is 0. The molecule has 0 aliphatic rings. The van der Waals surface area contributed by atoms with Crippen molar-refractivity contribution in [2.75, 3.05) is 23.7 Å². The van der Waals surface area contributed by atoms with Gasteiger partial charge >= 0.3 is 5.69 Å². The van der Waals surface area contributed by atoms with Crippen molar-refractivity contribution in [3.8, 4) is 0 Å². The lowest BCUT2D eigenvalue weighted by molar-refractivity contribution is -0.383. The van der Waals surface area contributed by atoms with Gasteiger partial charge in [-0.2, -0.15) is 0 Å². The Morgan fingerprint density at radius 1 is 1.08 bits per heavy atom. The number of nitrogens with one attached hydrogen (secondary N) is 2. The summed E-state index contributed by atoms with van der Waals surface area (Å²) in [7, 11) is 0. The van der Waals surface area contributed by atoms with Crippen LogP contribution in [0.2, 0.25) is 0 Å². The second-order valence-electron chi connectivity index (χ2n) is 5.95. The van der Waals surface area contributed by atoms with Crippen molar-refractivity contribution in [2.45, 2.75) is 26.7 Å². The second-order valence-corrected chi connectivity index (χ2v) is 5.95. The third kappa shape index (κ3) is 5.19. The Bertz CT molecular complexity index is 661. The van der Waals surface area contributed by atoms with Crippen LogP contribution in [0.1, 0.15) is 25.8 Å². The Labute approximate surface area is 141 Å². The third-order valence-electron chi connectivity index (χ3n) is 3.57. The highest BCUT2D eigenvalue weighted by Gasteiger charge is 2.22. The molecule has 1 aromatic carbocycles. The number of hydrogen-bond acceptors (Lipinski definition) is 6. The molecule has 0 aliphatic heterocycles. The van der Waals surface area contributed by atoms with Crippen LogP contribution in [0.3, 0.4) is 0 Å². The van der Waals surface area contributed by atoms with Crippen molar-refractivity contribution in [1.82, 2.24) is 9.97 Å². The number of anilines is 2. The molecule has 2 rings (SSSR count). The van der Waals surface area contributed by atoms with Gasteiger partial charge in [0.25, 0.3) is 0 Å². The van der Waals surface area contributed by atoms with E-state index in [9.17, 15) is 10.1 Å². The average Bonchev–Trinajstić information content (AvgIpc) is 2.55.